The summed E-state index contributed by atoms with van der Waals surface area (Å²) in [7, 11) is 0. The molecule has 0 aromatic heterocycles. The normalized spacial score (nSPS) is 17.6. The SMILES string of the molecule is O=C1COCC(=O)N1CCCCCO. The van der Waals surface area contributed by atoms with Crippen LogP contribution in [0.2, 0.25) is 0 Å². The Morgan fingerprint density at radius 3 is 2.36 bits per heavy atom. The molecule has 0 aromatic carbocycles. The average molecular weight is 201 g/mol. The molecule has 1 N–H and O–H groups in total. The number of amides is 2. The van der Waals surface area contributed by atoms with Crippen molar-refractivity contribution in [2.75, 3.05) is 26.4 Å². The Labute approximate surface area is 82.6 Å². The van der Waals surface area contributed by atoms with Gasteiger partial charge >= 0.3 is 0 Å². The summed E-state index contributed by atoms with van der Waals surface area (Å²) < 4.78 is 4.77. The Morgan fingerprint density at radius 1 is 1.14 bits per heavy atom. The average Bonchev–Trinajstić information content (AvgIpc) is 2.16. The van der Waals surface area contributed by atoms with Crippen molar-refractivity contribution in [1.82, 2.24) is 4.90 Å². The number of rotatable bonds is 5. The van der Waals surface area contributed by atoms with Crippen molar-refractivity contribution in [1.29, 1.82) is 0 Å². The van der Waals surface area contributed by atoms with E-state index in [1.807, 2.05) is 0 Å². The molecular weight excluding hydrogens is 186 g/mol. The fourth-order valence-corrected chi connectivity index (χ4v) is 1.33. The van der Waals surface area contributed by atoms with Gasteiger partial charge in [0, 0.05) is 13.2 Å². The first kappa shape index (κ1) is 11.1. The Balaban J connectivity index is 2.26. The lowest BCUT2D eigenvalue weighted by molar-refractivity contribution is -0.158. The van der Waals surface area contributed by atoms with Crippen LogP contribution in [0, 0.1) is 0 Å². The van der Waals surface area contributed by atoms with Crippen LogP contribution in [0.1, 0.15) is 19.3 Å². The predicted molar refractivity (Wildman–Crippen MR) is 48.5 cm³/mol. The Morgan fingerprint density at radius 2 is 1.79 bits per heavy atom. The van der Waals surface area contributed by atoms with Gasteiger partial charge in [-0.25, -0.2) is 0 Å². The van der Waals surface area contributed by atoms with E-state index in [-0.39, 0.29) is 31.6 Å². The van der Waals surface area contributed by atoms with Crippen molar-refractivity contribution in [3.05, 3.63) is 0 Å². The summed E-state index contributed by atoms with van der Waals surface area (Å²) in [5.74, 6) is -0.518. The van der Waals surface area contributed by atoms with E-state index in [1.54, 1.807) is 0 Å². The number of aliphatic hydroxyl groups is 1. The Kier molecular flexibility index (Phi) is 4.55. The third-order valence-corrected chi connectivity index (χ3v) is 2.09. The first-order valence-corrected chi connectivity index (χ1v) is 4.77. The number of ether oxygens (including phenoxy) is 1. The maximum absolute atomic E-state index is 11.2. The van der Waals surface area contributed by atoms with Crippen molar-refractivity contribution in [3.63, 3.8) is 0 Å². The second kappa shape index (κ2) is 5.72. The van der Waals surface area contributed by atoms with E-state index in [0.717, 1.165) is 12.8 Å². The summed E-state index contributed by atoms with van der Waals surface area (Å²) in [4.78, 5) is 23.6. The number of hydrogen-bond acceptors (Lipinski definition) is 4. The number of nitrogens with zero attached hydrogens (tertiary/aromatic N) is 1. The minimum absolute atomic E-state index is 0.00569. The summed E-state index contributed by atoms with van der Waals surface area (Å²) in [6, 6.07) is 0. The fraction of sp³-hybridized carbons (Fsp3) is 0.778. The molecular formula is C9H15NO4. The van der Waals surface area contributed by atoms with Crippen LogP contribution in [0.25, 0.3) is 0 Å². The molecule has 0 saturated carbocycles. The molecule has 0 unspecified atom stereocenters. The number of morpholine rings is 1. The van der Waals surface area contributed by atoms with Crippen molar-refractivity contribution in [2.24, 2.45) is 0 Å². The lowest BCUT2D eigenvalue weighted by atomic mass is 10.2. The summed E-state index contributed by atoms with van der Waals surface area (Å²) in [5.41, 5.74) is 0. The van der Waals surface area contributed by atoms with Gasteiger partial charge in [0.25, 0.3) is 11.8 Å². The third-order valence-electron chi connectivity index (χ3n) is 2.09. The molecule has 0 spiro atoms. The minimum Gasteiger partial charge on any atom is -0.396 e. The molecule has 5 nitrogen and oxygen atoms in total. The van der Waals surface area contributed by atoms with Gasteiger partial charge in [0.2, 0.25) is 0 Å². The minimum atomic E-state index is -0.259. The first-order chi connectivity index (χ1) is 6.75. The molecule has 0 radical (unpaired) electrons. The molecule has 0 aromatic rings. The smallest absolute Gasteiger partial charge is 0.255 e. The molecule has 1 aliphatic rings. The molecule has 1 aliphatic heterocycles. The van der Waals surface area contributed by atoms with Gasteiger partial charge in [-0.05, 0) is 19.3 Å². The highest BCUT2D eigenvalue weighted by atomic mass is 16.5. The molecule has 2 amide bonds. The van der Waals surface area contributed by atoms with Gasteiger partial charge in [-0.2, -0.15) is 0 Å². The maximum Gasteiger partial charge on any atom is 0.255 e. The van der Waals surface area contributed by atoms with Crippen LogP contribution in [-0.4, -0.2) is 48.2 Å². The van der Waals surface area contributed by atoms with E-state index >= 15 is 0 Å². The number of carbonyl (C=O) groups is 2. The number of aliphatic hydroxyl groups excluding tert-OH is 1. The van der Waals surface area contributed by atoms with Crippen LogP contribution in [-0.2, 0) is 14.3 Å². The van der Waals surface area contributed by atoms with Crippen molar-refractivity contribution in [3.8, 4) is 0 Å². The van der Waals surface area contributed by atoms with Crippen molar-refractivity contribution >= 4 is 11.8 Å². The molecule has 5 heteroatoms. The highest BCUT2D eigenvalue weighted by molar-refractivity contribution is 5.98. The molecule has 1 fully saturated rings. The number of imide groups is 1. The zero-order chi connectivity index (χ0) is 10.4. The summed E-state index contributed by atoms with van der Waals surface area (Å²) in [6.45, 7) is 0.615. The van der Waals surface area contributed by atoms with Gasteiger partial charge in [0.15, 0.2) is 0 Å². The van der Waals surface area contributed by atoms with Crippen molar-refractivity contribution < 1.29 is 19.4 Å². The number of unbranched alkanes of at least 4 members (excludes halogenated alkanes) is 2. The van der Waals surface area contributed by atoms with Gasteiger partial charge in [-0.3, -0.25) is 14.5 Å². The molecule has 1 saturated heterocycles. The summed E-state index contributed by atoms with van der Waals surface area (Å²) >= 11 is 0. The Bertz CT molecular complexity index is 201. The highest BCUT2D eigenvalue weighted by Crippen LogP contribution is 2.04. The van der Waals surface area contributed by atoms with Crippen LogP contribution < -0.4 is 0 Å². The van der Waals surface area contributed by atoms with E-state index in [0.29, 0.717) is 13.0 Å². The summed E-state index contributed by atoms with van der Waals surface area (Å²) in [5, 5.41) is 8.54. The van der Waals surface area contributed by atoms with E-state index in [2.05, 4.69) is 0 Å². The molecule has 1 heterocycles. The fourth-order valence-electron chi connectivity index (χ4n) is 1.33. The lowest BCUT2D eigenvalue weighted by Gasteiger charge is -2.24. The van der Waals surface area contributed by atoms with E-state index in [1.165, 1.54) is 4.90 Å². The molecule has 0 aliphatic carbocycles. The molecule has 1 rings (SSSR count). The second-order valence-corrected chi connectivity index (χ2v) is 3.22. The van der Waals surface area contributed by atoms with Crippen LogP contribution in [0.4, 0.5) is 0 Å². The van der Waals surface area contributed by atoms with Crippen molar-refractivity contribution in [2.45, 2.75) is 19.3 Å². The standard InChI is InChI=1S/C9H15NO4/c11-5-3-1-2-4-10-8(12)6-14-7-9(10)13/h11H,1-7H2. The number of carbonyl (C=O) groups excluding carboxylic acids is 2. The first-order valence-electron chi connectivity index (χ1n) is 4.77. The third kappa shape index (κ3) is 3.08. The van der Waals surface area contributed by atoms with Gasteiger partial charge in [-0.1, -0.05) is 0 Å². The van der Waals surface area contributed by atoms with Crippen LogP contribution in [0.3, 0.4) is 0 Å². The van der Waals surface area contributed by atoms with Crippen LogP contribution in [0.5, 0.6) is 0 Å². The topological polar surface area (TPSA) is 66.8 Å². The largest absolute Gasteiger partial charge is 0.396 e. The van der Waals surface area contributed by atoms with E-state index < -0.39 is 0 Å². The monoisotopic (exact) mass is 201 g/mol. The molecule has 14 heavy (non-hydrogen) atoms. The maximum atomic E-state index is 11.2. The predicted octanol–water partition coefficient (Wildman–Crippen LogP) is -0.466. The Hall–Kier alpha value is -0.940. The van der Waals surface area contributed by atoms with E-state index in [9.17, 15) is 9.59 Å². The zero-order valence-corrected chi connectivity index (χ0v) is 8.07. The van der Waals surface area contributed by atoms with Crippen LogP contribution >= 0.6 is 0 Å². The molecule has 0 bridgehead atoms. The van der Waals surface area contributed by atoms with Gasteiger partial charge in [0.05, 0.1) is 0 Å². The van der Waals surface area contributed by atoms with Gasteiger partial charge < -0.3 is 9.84 Å². The zero-order valence-electron chi connectivity index (χ0n) is 8.07. The van der Waals surface area contributed by atoms with Crippen LogP contribution in [0.15, 0.2) is 0 Å². The highest BCUT2D eigenvalue weighted by Gasteiger charge is 2.25. The summed E-state index contributed by atoms with van der Waals surface area (Å²) in [6.07, 6.45) is 2.29. The molecule has 80 valence electrons. The second-order valence-electron chi connectivity index (χ2n) is 3.22. The number of hydrogen-bond donors (Lipinski definition) is 1. The van der Waals surface area contributed by atoms with Gasteiger partial charge in [0.1, 0.15) is 13.2 Å². The quantitative estimate of drug-likeness (QED) is 0.482. The van der Waals surface area contributed by atoms with E-state index in [4.69, 9.17) is 9.84 Å². The molecule has 0 atom stereocenters. The lowest BCUT2D eigenvalue weighted by Crippen LogP contribution is -2.46. The van der Waals surface area contributed by atoms with Gasteiger partial charge in [-0.15, -0.1) is 0 Å².